The zero-order valence-corrected chi connectivity index (χ0v) is 21.6. The maximum atomic E-state index is 12.9. The van der Waals surface area contributed by atoms with Gasteiger partial charge in [-0.3, -0.25) is 34.2 Å². The summed E-state index contributed by atoms with van der Waals surface area (Å²) in [5, 5.41) is 5.79. The number of hydrogen-bond donors (Lipinski definition) is 2. The van der Waals surface area contributed by atoms with Gasteiger partial charge in [-0.15, -0.1) is 0 Å². The van der Waals surface area contributed by atoms with Gasteiger partial charge in [-0.1, -0.05) is 49.7 Å². The van der Waals surface area contributed by atoms with E-state index in [4.69, 9.17) is 11.6 Å². The Morgan fingerprint density at radius 1 is 1.14 bits per heavy atom. The summed E-state index contributed by atoms with van der Waals surface area (Å²) in [6.07, 6.45) is 1.88. The Bertz CT molecular complexity index is 1350. The van der Waals surface area contributed by atoms with Crippen molar-refractivity contribution in [2.75, 3.05) is 5.32 Å². The lowest BCUT2D eigenvalue weighted by Crippen LogP contribution is -2.54. The maximum absolute atomic E-state index is 12.9. The van der Waals surface area contributed by atoms with Crippen molar-refractivity contribution >= 4 is 46.7 Å². The van der Waals surface area contributed by atoms with Gasteiger partial charge in [0.1, 0.15) is 17.5 Å². The summed E-state index contributed by atoms with van der Waals surface area (Å²) < 4.78 is 0. The van der Waals surface area contributed by atoms with Crippen LogP contribution in [-0.4, -0.2) is 40.4 Å². The van der Waals surface area contributed by atoms with Gasteiger partial charge in [0.2, 0.25) is 11.8 Å². The number of nitrogens with one attached hydrogen (secondary N) is 2. The number of aryl methyl sites for hydroxylation is 1. The molecule has 2 aromatic carbocycles. The first kappa shape index (κ1) is 26.3. The molecule has 0 aromatic heterocycles. The topological polar surface area (TPSA) is 113 Å². The Hall–Kier alpha value is -3.78. The van der Waals surface area contributed by atoms with E-state index in [0.29, 0.717) is 17.1 Å². The second-order valence-electron chi connectivity index (χ2n) is 10.1. The van der Waals surface area contributed by atoms with Crippen LogP contribution in [0.2, 0.25) is 5.02 Å². The molecule has 1 fully saturated rings. The molecule has 0 spiro atoms. The molecule has 2 aliphatic heterocycles. The Morgan fingerprint density at radius 2 is 1.89 bits per heavy atom. The molecule has 1 saturated heterocycles. The van der Waals surface area contributed by atoms with Crippen LogP contribution in [0.5, 0.6) is 0 Å². The molecule has 4 rings (SSSR count). The standard InChI is InChI=1S/C28H28ClN3O5/c1-16-7-8-17(12-21(16)29)11-20(33)15-28(2,3)18-5-4-6-19(13-18)30-22-14-25(35)32(27(22)37)23-9-10-24(34)31-26(23)36/h4-8,12-14,23,30H,9-11,15H2,1-3H3,(H,31,34,36). The molecule has 192 valence electrons. The minimum Gasteiger partial charge on any atom is -0.351 e. The third-order valence-corrected chi connectivity index (χ3v) is 7.08. The van der Waals surface area contributed by atoms with Gasteiger partial charge in [0, 0.05) is 36.0 Å². The predicted octanol–water partition coefficient (Wildman–Crippen LogP) is 3.60. The van der Waals surface area contributed by atoms with Crippen LogP contribution < -0.4 is 10.6 Å². The average molecular weight is 522 g/mol. The molecule has 0 aliphatic carbocycles. The van der Waals surface area contributed by atoms with E-state index in [2.05, 4.69) is 10.6 Å². The average Bonchev–Trinajstić information content (AvgIpc) is 3.09. The number of imide groups is 2. The van der Waals surface area contributed by atoms with Crippen LogP contribution in [0.25, 0.3) is 0 Å². The summed E-state index contributed by atoms with van der Waals surface area (Å²) in [4.78, 5) is 62.8. The van der Waals surface area contributed by atoms with Crippen molar-refractivity contribution in [1.29, 1.82) is 0 Å². The fraction of sp³-hybridized carbons (Fsp3) is 0.321. The van der Waals surface area contributed by atoms with Gasteiger partial charge < -0.3 is 5.32 Å². The molecule has 9 heteroatoms. The van der Waals surface area contributed by atoms with Crippen molar-refractivity contribution in [2.24, 2.45) is 0 Å². The van der Waals surface area contributed by atoms with Crippen LogP contribution in [-0.2, 0) is 35.8 Å². The van der Waals surface area contributed by atoms with Crippen molar-refractivity contribution in [3.8, 4) is 0 Å². The predicted molar refractivity (Wildman–Crippen MR) is 139 cm³/mol. The number of rotatable bonds is 8. The van der Waals surface area contributed by atoms with E-state index >= 15 is 0 Å². The van der Waals surface area contributed by atoms with Gasteiger partial charge in [0.25, 0.3) is 11.8 Å². The lowest BCUT2D eigenvalue weighted by molar-refractivity contribution is -0.149. The second-order valence-corrected chi connectivity index (χ2v) is 10.5. The highest BCUT2D eigenvalue weighted by molar-refractivity contribution is 6.31. The first-order valence-corrected chi connectivity index (χ1v) is 12.4. The molecule has 1 atom stereocenters. The van der Waals surface area contributed by atoms with Crippen LogP contribution in [0.4, 0.5) is 5.69 Å². The summed E-state index contributed by atoms with van der Waals surface area (Å²) in [5.41, 5.74) is 2.82. The first-order valence-electron chi connectivity index (χ1n) is 12.0. The third kappa shape index (κ3) is 5.80. The van der Waals surface area contributed by atoms with Gasteiger partial charge in [-0.25, -0.2) is 0 Å². The second kappa shape index (κ2) is 10.3. The molecule has 4 amide bonds. The fourth-order valence-corrected chi connectivity index (χ4v) is 4.81. The van der Waals surface area contributed by atoms with Crippen LogP contribution >= 0.6 is 11.6 Å². The van der Waals surface area contributed by atoms with E-state index in [1.165, 1.54) is 0 Å². The van der Waals surface area contributed by atoms with E-state index in [1.54, 1.807) is 6.07 Å². The zero-order valence-electron chi connectivity index (χ0n) is 20.9. The van der Waals surface area contributed by atoms with Crippen molar-refractivity contribution in [2.45, 2.75) is 57.9 Å². The number of piperidine rings is 1. The number of anilines is 1. The molecular formula is C28H28ClN3O5. The number of carbonyl (C=O) groups excluding carboxylic acids is 5. The molecule has 37 heavy (non-hydrogen) atoms. The van der Waals surface area contributed by atoms with Crippen molar-refractivity contribution in [3.05, 3.63) is 76.0 Å². The van der Waals surface area contributed by atoms with Crippen molar-refractivity contribution in [3.63, 3.8) is 0 Å². The highest BCUT2D eigenvalue weighted by atomic mass is 35.5. The molecule has 2 aromatic rings. The van der Waals surface area contributed by atoms with Crippen LogP contribution in [0, 0.1) is 6.92 Å². The van der Waals surface area contributed by atoms with Crippen LogP contribution in [0.3, 0.4) is 0 Å². The Labute approximate surface area is 220 Å². The summed E-state index contributed by atoms with van der Waals surface area (Å²) >= 11 is 6.19. The lowest BCUT2D eigenvalue weighted by atomic mass is 9.79. The van der Waals surface area contributed by atoms with E-state index in [0.717, 1.165) is 27.7 Å². The first-order chi connectivity index (χ1) is 17.4. The van der Waals surface area contributed by atoms with Crippen molar-refractivity contribution < 1.29 is 24.0 Å². The molecule has 0 bridgehead atoms. The van der Waals surface area contributed by atoms with E-state index in [9.17, 15) is 24.0 Å². The van der Waals surface area contributed by atoms with E-state index in [-0.39, 0.29) is 30.7 Å². The smallest absolute Gasteiger partial charge is 0.278 e. The normalized spacial score (nSPS) is 18.1. The molecule has 2 aliphatic rings. The Kier molecular flexibility index (Phi) is 7.32. The van der Waals surface area contributed by atoms with Crippen molar-refractivity contribution in [1.82, 2.24) is 10.2 Å². The van der Waals surface area contributed by atoms with E-state index < -0.39 is 35.1 Å². The highest BCUT2D eigenvalue weighted by Crippen LogP contribution is 2.31. The monoisotopic (exact) mass is 521 g/mol. The molecule has 8 nitrogen and oxygen atoms in total. The Balaban J connectivity index is 1.44. The molecule has 2 heterocycles. The number of halogens is 1. The Morgan fingerprint density at radius 3 is 2.59 bits per heavy atom. The van der Waals surface area contributed by atoms with E-state index in [1.807, 2.05) is 57.2 Å². The number of hydrogen-bond acceptors (Lipinski definition) is 6. The summed E-state index contributed by atoms with van der Waals surface area (Å²) in [5.74, 6) is -2.25. The number of Topliss-reactive ketones (excluding diaryl/α,β-unsaturated/α-hetero) is 1. The molecule has 0 radical (unpaired) electrons. The number of benzene rings is 2. The van der Waals surface area contributed by atoms with Crippen LogP contribution in [0.15, 0.2) is 54.2 Å². The quantitative estimate of drug-likeness (QED) is 0.513. The third-order valence-electron chi connectivity index (χ3n) is 6.68. The highest BCUT2D eigenvalue weighted by Gasteiger charge is 2.42. The molecular weight excluding hydrogens is 494 g/mol. The minimum atomic E-state index is -1.02. The molecule has 2 N–H and O–H groups in total. The maximum Gasteiger partial charge on any atom is 0.278 e. The number of ketones is 1. The van der Waals surface area contributed by atoms with Gasteiger partial charge in [0.05, 0.1) is 0 Å². The van der Waals surface area contributed by atoms with Gasteiger partial charge in [0.15, 0.2) is 0 Å². The SMILES string of the molecule is Cc1ccc(CC(=O)CC(C)(C)c2cccc(NC3=CC(=O)N(C4CCC(=O)NC4=O)C3=O)c2)cc1Cl. The lowest BCUT2D eigenvalue weighted by Gasteiger charge is -2.28. The van der Waals surface area contributed by atoms with Gasteiger partial charge in [-0.2, -0.15) is 0 Å². The molecule has 0 saturated carbocycles. The van der Waals surface area contributed by atoms with Gasteiger partial charge >= 0.3 is 0 Å². The summed E-state index contributed by atoms with van der Waals surface area (Å²) in [7, 11) is 0. The summed E-state index contributed by atoms with van der Waals surface area (Å²) in [6, 6.07) is 11.9. The number of amides is 4. The molecule has 1 unspecified atom stereocenters. The number of carbonyl (C=O) groups is 5. The number of nitrogens with zero attached hydrogens (tertiary/aromatic N) is 1. The summed E-state index contributed by atoms with van der Waals surface area (Å²) in [6.45, 7) is 5.86. The minimum absolute atomic E-state index is 0.0389. The largest absolute Gasteiger partial charge is 0.351 e. The zero-order chi connectivity index (χ0) is 26.9. The van der Waals surface area contributed by atoms with Crippen LogP contribution in [0.1, 0.15) is 49.8 Å². The fourth-order valence-electron chi connectivity index (χ4n) is 4.60. The van der Waals surface area contributed by atoms with Gasteiger partial charge in [-0.05, 0) is 53.6 Å².